The van der Waals surface area contributed by atoms with Crippen molar-refractivity contribution in [3.63, 3.8) is 0 Å². The van der Waals surface area contributed by atoms with E-state index in [1.54, 1.807) is 0 Å². The lowest BCUT2D eigenvalue weighted by Crippen LogP contribution is -1.99. The molecule has 6 rings (SSSR count). The molecule has 37 heavy (non-hydrogen) atoms. The summed E-state index contributed by atoms with van der Waals surface area (Å²) in [4.78, 5) is 16.5. The second-order valence-electron chi connectivity index (χ2n) is 9.96. The van der Waals surface area contributed by atoms with Crippen molar-refractivity contribution in [3.05, 3.63) is 84.4 Å². The van der Waals surface area contributed by atoms with E-state index in [0.717, 1.165) is 72.4 Å². The predicted octanol–water partition coefficient (Wildman–Crippen LogP) is 7.55. The maximum atomic E-state index is 5.64. The first-order chi connectivity index (χ1) is 18.2. The number of fused-ring (bicyclic) bond motifs is 3. The van der Waals surface area contributed by atoms with Crippen LogP contribution in [0, 0.1) is 0 Å². The molecule has 0 amide bonds. The van der Waals surface area contributed by atoms with E-state index < -0.39 is 0 Å². The number of H-pyrrole nitrogens is 2. The Bertz CT molecular complexity index is 1690. The first-order valence-corrected chi connectivity index (χ1v) is 13.4. The molecule has 0 radical (unpaired) electrons. The van der Waals surface area contributed by atoms with Gasteiger partial charge in [-0.1, -0.05) is 49.7 Å². The Morgan fingerprint density at radius 1 is 0.595 bits per heavy atom. The van der Waals surface area contributed by atoms with E-state index in [0.29, 0.717) is 0 Å². The standard InChI is InChI=1S/C32H33N5/c1-2-3-6-31-34-27-14-12-24(19-29(27)36-31)22-10-8-21-9-11-23(18-26(21)17-22)25-13-15-28-30(20-25)37-32(35-28)7-4-5-16-33/h8-15,17-20H,2-7,16,33H2,1H3,(H,34,36)(H,35,37). The second-order valence-corrected chi connectivity index (χ2v) is 9.96. The molecule has 0 aliphatic carbocycles. The van der Waals surface area contributed by atoms with Crippen molar-refractivity contribution < 1.29 is 0 Å². The van der Waals surface area contributed by atoms with E-state index in [9.17, 15) is 0 Å². The summed E-state index contributed by atoms with van der Waals surface area (Å²) in [6, 6.07) is 26.4. The van der Waals surface area contributed by atoms with E-state index in [-0.39, 0.29) is 0 Å². The first kappa shape index (κ1) is 23.4. The van der Waals surface area contributed by atoms with Crippen LogP contribution < -0.4 is 5.73 Å². The summed E-state index contributed by atoms with van der Waals surface area (Å²) in [7, 11) is 0. The molecule has 0 aliphatic heterocycles. The molecular weight excluding hydrogens is 454 g/mol. The van der Waals surface area contributed by atoms with Crippen molar-refractivity contribution in [2.24, 2.45) is 5.73 Å². The van der Waals surface area contributed by atoms with Crippen LogP contribution in [0.3, 0.4) is 0 Å². The van der Waals surface area contributed by atoms with Gasteiger partial charge in [0, 0.05) is 12.8 Å². The molecule has 0 aliphatic rings. The summed E-state index contributed by atoms with van der Waals surface area (Å²) in [6.45, 7) is 2.94. The smallest absolute Gasteiger partial charge is 0.107 e. The van der Waals surface area contributed by atoms with Gasteiger partial charge in [0.2, 0.25) is 0 Å². The summed E-state index contributed by atoms with van der Waals surface area (Å²) in [6.07, 6.45) is 6.35. The SMILES string of the molecule is CCCCc1nc2ccc(-c3ccc4ccc(-c5ccc6nc(CCCCN)[nH]c6c5)cc4c3)cc2[nH]1. The van der Waals surface area contributed by atoms with Gasteiger partial charge in [0.15, 0.2) is 0 Å². The highest BCUT2D eigenvalue weighted by Crippen LogP contribution is 2.31. The van der Waals surface area contributed by atoms with Crippen LogP contribution in [0.15, 0.2) is 72.8 Å². The van der Waals surface area contributed by atoms with Crippen LogP contribution in [0.2, 0.25) is 0 Å². The first-order valence-electron chi connectivity index (χ1n) is 13.4. The quantitative estimate of drug-likeness (QED) is 0.184. The van der Waals surface area contributed by atoms with Crippen molar-refractivity contribution >= 4 is 32.8 Å². The lowest BCUT2D eigenvalue weighted by atomic mass is 9.97. The number of hydrogen-bond donors (Lipinski definition) is 3. The molecule has 0 spiro atoms. The van der Waals surface area contributed by atoms with Crippen molar-refractivity contribution in [3.8, 4) is 22.3 Å². The number of nitrogens with zero attached hydrogens (tertiary/aromatic N) is 2. The van der Waals surface area contributed by atoms with Gasteiger partial charge >= 0.3 is 0 Å². The fraction of sp³-hybridized carbons (Fsp3) is 0.250. The number of benzene rings is 4. The van der Waals surface area contributed by atoms with Crippen LogP contribution in [-0.4, -0.2) is 26.5 Å². The third-order valence-electron chi connectivity index (χ3n) is 7.20. The molecule has 4 N–H and O–H groups in total. The number of rotatable bonds is 9. The number of unbranched alkanes of at least 4 members (excludes halogenated alkanes) is 2. The predicted molar refractivity (Wildman–Crippen MR) is 155 cm³/mol. The van der Waals surface area contributed by atoms with Crippen molar-refractivity contribution in [2.75, 3.05) is 6.54 Å². The molecule has 186 valence electrons. The van der Waals surface area contributed by atoms with E-state index in [4.69, 9.17) is 15.7 Å². The summed E-state index contributed by atoms with van der Waals surface area (Å²) in [5, 5.41) is 2.47. The van der Waals surface area contributed by atoms with Crippen LogP contribution in [0.25, 0.3) is 55.1 Å². The highest BCUT2D eigenvalue weighted by molar-refractivity contribution is 5.93. The molecule has 0 unspecified atom stereocenters. The summed E-state index contributed by atoms with van der Waals surface area (Å²) < 4.78 is 0. The maximum absolute atomic E-state index is 5.64. The van der Waals surface area contributed by atoms with Gasteiger partial charge in [0.05, 0.1) is 22.1 Å². The Morgan fingerprint density at radius 2 is 1.11 bits per heavy atom. The largest absolute Gasteiger partial charge is 0.342 e. The third-order valence-corrected chi connectivity index (χ3v) is 7.20. The van der Waals surface area contributed by atoms with Gasteiger partial charge in [-0.15, -0.1) is 0 Å². The highest BCUT2D eigenvalue weighted by Gasteiger charge is 2.09. The third kappa shape index (κ3) is 4.87. The average Bonchev–Trinajstić information content (AvgIpc) is 3.53. The Balaban J connectivity index is 1.30. The topological polar surface area (TPSA) is 83.4 Å². The lowest BCUT2D eigenvalue weighted by molar-refractivity contribution is 0.724. The molecule has 2 aromatic heterocycles. The van der Waals surface area contributed by atoms with Crippen molar-refractivity contribution in [1.29, 1.82) is 0 Å². The van der Waals surface area contributed by atoms with Gasteiger partial charge in [-0.2, -0.15) is 0 Å². The number of aromatic amines is 2. The molecule has 0 saturated heterocycles. The summed E-state index contributed by atoms with van der Waals surface area (Å²) in [5.41, 5.74) is 14.7. The normalized spacial score (nSPS) is 11.7. The molecule has 0 saturated carbocycles. The fourth-order valence-electron chi connectivity index (χ4n) is 5.11. The summed E-state index contributed by atoms with van der Waals surface area (Å²) in [5.74, 6) is 2.12. The minimum atomic E-state index is 0.728. The molecule has 0 fully saturated rings. The zero-order valence-corrected chi connectivity index (χ0v) is 21.3. The molecule has 0 atom stereocenters. The Morgan fingerprint density at radius 3 is 1.65 bits per heavy atom. The number of hydrogen-bond acceptors (Lipinski definition) is 3. The zero-order valence-electron chi connectivity index (χ0n) is 21.3. The fourth-order valence-corrected chi connectivity index (χ4v) is 5.11. The molecule has 0 bridgehead atoms. The zero-order chi connectivity index (χ0) is 25.2. The second kappa shape index (κ2) is 10.2. The Labute approximate surface area is 217 Å². The molecule has 6 aromatic rings. The number of aryl methyl sites for hydroxylation is 2. The van der Waals surface area contributed by atoms with Crippen molar-refractivity contribution in [1.82, 2.24) is 19.9 Å². The van der Waals surface area contributed by atoms with Gasteiger partial charge < -0.3 is 15.7 Å². The number of nitrogens with two attached hydrogens (primary N) is 1. The van der Waals surface area contributed by atoms with Crippen LogP contribution in [0.4, 0.5) is 0 Å². The van der Waals surface area contributed by atoms with Gasteiger partial charge in [-0.05, 0) is 95.2 Å². The number of aromatic nitrogens is 4. The van der Waals surface area contributed by atoms with E-state index in [1.807, 2.05) is 0 Å². The van der Waals surface area contributed by atoms with Crippen LogP contribution in [0.5, 0.6) is 0 Å². The van der Waals surface area contributed by atoms with E-state index >= 15 is 0 Å². The molecule has 5 heteroatoms. The van der Waals surface area contributed by atoms with Crippen molar-refractivity contribution in [2.45, 2.75) is 45.4 Å². The van der Waals surface area contributed by atoms with Gasteiger partial charge in [-0.3, -0.25) is 0 Å². The highest BCUT2D eigenvalue weighted by atomic mass is 14.9. The van der Waals surface area contributed by atoms with Gasteiger partial charge in [0.25, 0.3) is 0 Å². The monoisotopic (exact) mass is 487 g/mol. The molecule has 4 aromatic carbocycles. The van der Waals surface area contributed by atoms with E-state index in [2.05, 4.69) is 89.7 Å². The average molecular weight is 488 g/mol. The minimum Gasteiger partial charge on any atom is -0.342 e. The molecule has 2 heterocycles. The van der Waals surface area contributed by atoms with Crippen LogP contribution in [0.1, 0.15) is 44.3 Å². The Hall–Kier alpha value is -3.96. The maximum Gasteiger partial charge on any atom is 0.107 e. The molecular formula is C32H33N5. The number of imidazole rings is 2. The Kier molecular flexibility index (Phi) is 6.46. The van der Waals surface area contributed by atoms with Crippen LogP contribution in [-0.2, 0) is 12.8 Å². The lowest BCUT2D eigenvalue weighted by Gasteiger charge is -2.08. The van der Waals surface area contributed by atoms with E-state index in [1.165, 1.54) is 39.4 Å². The summed E-state index contributed by atoms with van der Waals surface area (Å²) >= 11 is 0. The van der Waals surface area contributed by atoms with Crippen LogP contribution >= 0.6 is 0 Å². The van der Waals surface area contributed by atoms with Gasteiger partial charge in [-0.25, -0.2) is 9.97 Å². The molecule has 5 nitrogen and oxygen atoms in total. The van der Waals surface area contributed by atoms with Gasteiger partial charge in [0.1, 0.15) is 11.6 Å². The number of nitrogens with one attached hydrogen (secondary N) is 2. The minimum absolute atomic E-state index is 0.728.